The molecule has 1 unspecified atom stereocenters. The SMILES string of the molecule is CN(C)CCn1ccc2c(C#CCC(c3cc(F)ccc3F)c3cccn(C)c3=O)c(C(N)=O)cnc21. The number of primary amides is 1. The van der Waals surface area contributed by atoms with E-state index in [1.165, 1.54) is 10.8 Å². The molecule has 0 aliphatic heterocycles. The van der Waals surface area contributed by atoms with Gasteiger partial charge in [-0.25, -0.2) is 13.8 Å². The minimum atomic E-state index is -0.831. The van der Waals surface area contributed by atoms with E-state index in [9.17, 15) is 18.4 Å². The molecule has 0 bridgehead atoms. The molecule has 3 aromatic heterocycles. The Morgan fingerprint density at radius 2 is 1.95 bits per heavy atom. The highest BCUT2D eigenvalue weighted by Gasteiger charge is 2.22. The summed E-state index contributed by atoms with van der Waals surface area (Å²) in [6.45, 7) is 1.47. The van der Waals surface area contributed by atoms with E-state index < -0.39 is 23.5 Å². The molecule has 4 rings (SSSR count). The second-order valence-electron chi connectivity index (χ2n) is 9.06. The van der Waals surface area contributed by atoms with Crippen molar-refractivity contribution < 1.29 is 13.6 Å². The number of nitrogens with zero attached hydrogens (tertiary/aromatic N) is 4. The van der Waals surface area contributed by atoms with Gasteiger partial charge < -0.3 is 19.8 Å². The summed E-state index contributed by atoms with van der Waals surface area (Å²) in [5, 5.41) is 0.659. The topological polar surface area (TPSA) is 86.1 Å². The zero-order chi connectivity index (χ0) is 26.7. The number of pyridine rings is 2. The lowest BCUT2D eigenvalue weighted by atomic mass is 9.88. The molecule has 37 heavy (non-hydrogen) atoms. The van der Waals surface area contributed by atoms with Crippen molar-refractivity contribution >= 4 is 16.9 Å². The van der Waals surface area contributed by atoms with Crippen LogP contribution in [0.2, 0.25) is 0 Å². The molecule has 0 spiro atoms. The lowest BCUT2D eigenvalue weighted by Crippen LogP contribution is -2.23. The fraction of sp³-hybridized carbons (Fsp3) is 0.250. The largest absolute Gasteiger partial charge is 0.366 e. The number of benzene rings is 1. The van der Waals surface area contributed by atoms with Crippen molar-refractivity contribution in [2.45, 2.75) is 18.9 Å². The van der Waals surface area contributed by atoms with Crippen LogP contribution in [0.5, 0.6) is 0 Å². The second kappa shape index (κ2) is 10.8. The molecule has 0 fully saturated rings. The lowest BCUT2D eigenvalue weighted by Gasteiger charge is -2.16. The predicted octanol–water partition coefficient (Wildman–Crippen LogP) is 3.25. The van der Waals surface area contributed by atoms with Crippen molar-refractivity contribution in [3.8, 4) is 11.8 Å². The number of likely N-dealkylation sites (N-methyl/N-ethyl adjacent to an activating group) is 1. The first-order valence-electron chi connectivity index (χ1n) is 11.7. The Balaban J connectivity index is 1.80. The maximum atomic E-state index is 14.8. The Bertz CT molecular complexity index is 1590. The fourth-order valence-electron chi connectivity index (χ4n) is 4.24. The van der Waals surface area contributed by atoms with Crippen LogP contribution in [0.3, 0.4) is 0 Å². The summed E-state index contributed by atoms with van der Waals surface area (Å²) in [7, 11) is 5.53. The summed E-state index contributed by atoms with van der Waals surface area (Å²) < 4.78 is 32.2. The number of hydrogen-bond donors (Lipinski definition) is 1. The Hall–Kier alpha value is -4.29. The van der Waals surface area contributed by atoms with Crippen LogP contribution < -0.4 is 11.3 Å². The third-order valence-electron chi connectivity index (χ3n) is 6.22. The minimum absolute atomic E-state index is 0.00296. The Morgan fingerprint density at radius 3 is 2.68 bits per heavy atom. The highest BCUT2D eigenvalue weighted by Crippen LogP contribution is 2.29. The summed E-state index contributed by atoms with van der Waals surface area (Å²) in [5.74, 6) is 3.25. The zero-order valence-electron chi connectivity index (χ0n) is 20.8. The average Bonchev–Trinajstić information content (AvgIpc) is 3.27. The summed E-state index contributed by atoms with van der Waals surface area (Å²) in [6.07, 6.45) is 4.86. The normalized spacial score (nSPS) is 11.9. The monoisotopic (exact) mass is 503 g/mol. The van der Waals surface area contributed by atoms with Crippen molar-refractivity contribution in [2.24, 2.45) is 12.8 Å². The molecule has 7 nitrogen and oxygen atoms in total. The standard InChI is InChI=1S/C28H27F2N5O2/c1-33(2)14-15-35-13-11-21-19(24(26(31)36)17-32-27(21)35)6-4-7-20(22-8-5-12-34(3)28(22)37)23-16-18(29)9-10-25(23)30/h5,8-13,16-17,20H,7,14-15H2,1-3H3,(H2,31,36). The number of nitrogens with two attached hydrogens (primary N) is 1. The van der Waals surface area contributed by atoms with E-state index in [0.717, 1.165) is 24.7 Å². The summed E-state index contributed by atoms with van der Waals surface area (Å²) in [6, 6.07) is 8.22. The molecule has 0 radical (unpaired) electrons. The fourth-order valence-corrected chi connectivity index (χ4v) is 4.24. The molecular formula is C28H27F2N5O2. The third kappa shape index (κ3) is 5.44. The average molecular weight is 504 g/mol. The minimum Gasteiger partial charge on any atom is -0.366 e. The van der Waals surface area contributed by atoms with Crippen molar-refractivity contribution in [3.05, 3.63) is 99.2 Å². The van der Waals surface area contributed by atoms with Crippen molar-refractivity contribution in [1.82, 2.24) is 19.0 Å². The quantitative estimate of drug-likeness (QED) is 0.393. The summed E-state index contributed by atoms with van der Waals surface area (Å²) in [4.78, 5) is 31.5. The first kappa shape index (κ1) is 25.8. The highest BCUT2D eigenvalue weighted by atomic mass is 19.1. The zero-order valence-corrected chi connectivity index (χ0v) is 20.8. The number of carbonyl (C=O) groups is 1. The Kier molecular flexibility index (Phi) is 7.50. The number of hydrogen-bond acceptors (Lipinski definition) is 4. The molecule has 3 heterocycles. The number of fused-ring (bicyclic) bond motifs is 1. The van der Waals surface area contributed by atoms with Gasteiger partial charge >= 0.3 is 0 Å². The smallest absolute Gasteiger partial charge is 0.254 e. The predicted molar refractivity (Wildman–Crippen MR) is 138 cm³/mol. The highest BCUT2D eigenvalue weighted by molar-refractivity contribution is 6.00. The van der Waals surface area contributed by atoms with E-state index in [1.54, 1.807) is 25.4 Å². The molecule has 1 amide bonds. The van der Waals surface area contributed by atoms with Gasteiger partial charge in [0.05, 0.1) is 5.56 Å². The molecule has 0 aliphatic rings. The van der Waals surface area contributed by atoms with Crippen molar-refractivity contribution in [2.75, 3.05) is 20.6 Å². The van der Waals surface area contributed by atoms with Gasteiger partial charge in [0.25, 0.3) is 11.5 Å². The maximum absolute atomic E-state index is 14.8. The first-order valence-corrected chi connectivity index (χ1v) is 11.7. The van der Waals surface area contributed by atoms with Crippen molar-refractivity contribution in [3.63, 3.8) is 0 Å². The van der Waals surface area contributed by atoms with Crippen LogP contribution in [0.4, 0.5) is 8.78 Å². The van der Waals surface area contributed by atoms with E-state index in [-0.39, 0.29) is 28.7 Å². The van der Waals surface area contributed by atoms with Crippen LogP contribution in [-0.4, -0.2) is 45.6 Å². The molecular weight excluding hydrogens is 476 g/mol. The number of aryl methyl sites for hydroxylation is 1. The van der Waals surface area contributed by atoms with Gasteiger partial charge in [0, 0.05) is 67.6 Å². The van der Waals surface area contributed by atoms with Crippen LogP contribution in [0, 0.1) is 23.5 Å². The van der Waals surface area contributed by atoms with E-state index >= 15 is 0 Å². The molecule has 1 atom stereocenters. The van der Waals surface area contributed by atoms with Crippen LogP contribution in [0.25, 0.3) is 11.0 Å². The third-order valence-corrected chi connectivity index (χ3v) is 6.22. The van der Waals surface area contributed by atoms with E-state index in [0.29, 0.717) is 23.1 Å². The molecule has 2 N–H and O–H groups in total. The van der Waals surface area contributed by atoms with Crippen LogP contribution >= 0.6 is 0 Å². The molecule has 0 saturated heterocycles. The van der Waals surface area contributed by atoms with Gasteiger partial charge in [-0.15, -0.1) is 0 Å². The second-order valence-corrected chi connectivity index (χ2v) is 9.06. The van der Waals surface area contributed by atoms with Gasteiger partial charge in [0.2, 0.25) is 0 Å². The van der Waals surface area contributed by atoms with E-state index in [1.807, 2.05) is 35.8 Å². The Morgan fingerprint density at radius 1 is 1.16 bits per heavy atom. The number of rotatable bonds is 7. The van der Waals surface area contributed by atoms with Gasteiger partial charge in [-0.3, -0.25) is 9.59 Å². The first-order chi connectivity index (χ1) is 17.7. The molecule has 0 saturated carbocycles. The maximum Gasteiger partial charge on any atom is 0.254 e. The van der Waals surface area contributed by atoms with Crippen LogP contribution in [0.15, 0.2) is 59.8 Å². The number of aromatic nitrogens is 3. The van der Waals surface area contributed by atoms with Crippen LogP contribution in [0.1, 0.15) is 39.4 Å². The van der Waals surface area contributed by atoms with Gasteiger partial charge in [-0.05, 0) is 50.0 Å². The number of amides is 1. The molecule has 190 valence electrons. The lowest BCUT2D eigenvalue weighted by molar-refractivity contribution is 0.1000. The van der Waals surface area contributed by atoms with E-state index in [2.05, 4.69) is 16.8 Å². The molecule has 1 aromatic carbocycles. The van der Waals surface area contributed by atoms with Crippen LogP contribution in [-0.2, 0) is 13.6 Å². The number of halogens is 2. The number of carbonyl (C=O) groups excluding carboxylic acids is 1. The summed E-state index contributed by atoms with van der Waals surface area (Å²) >= 11 is 0. The Labute approximate surface area is 213 Å². The molecule has 9 heteroatoms. The van der Waals surface area contributed by atoms with Gasteiger partial charge in [-0.2, -0.15) is 0 Å². The van der Waals surface area contributed by atoms with Gasteiger partial charge in [0.15, 0.2) is 0 Å². The van der Waals surface area contributed by atoms with Crippen molar-refractivity contribution in [1.29, 1.82) is 0 Å². The van der Waals surface area contributed by atoms with E-state index in [4.69, 9.17) is 5.73 Å². The molecule has 0 aliphatic carbocycles. The summed E-state index contributed by atoms with van der Waals surface area (Å²) in [5.41, 5.74) is 6.80. The molecule has 4 aromatic rings. The van der Waals surface area contributed by atoms with Gasteiger partial charge in [-0.1, -0.05) is 17.9 Å². The van der Waals surface area contributed by atoms with Gasteiger partial charge in [0.1, 0.15) is 17.3 Å².